The Morgan fingerprint density at radius 1 is 1.33 bits per heavy atom. The molecular weight excluding hydrogens is 250 g/mol. The summed E-state index contributed by atoms with van der Waals surface area (Å²) in [6.07, 6.45) is 0.543. The quantitative estimate of drug-likeness (QED) is 0.840. The van der Waals surface area contributed by atoms with E-state index < -0.39 is 0 Å². The van der Waals surface area contributed by atoms with Crippen molar-refractivity contribution in [3.63, 3.8) is 0 Å². The van der Waals surface area contributed by atoms with E-state index in [0.717, 1.165) is 36.9 Å². The monoisotopic (exact) mass is 267 g/mol. The maximum Gasteiger partial charge on any atom is 0.131 e. The van der Waals surface area contributed by atoms with Crippen LogP contribution in [0.5, 0.6) is 0 Å². The van der Waals surface area contributed by atoms with Crippen LogP contribution < -0.4 is 0 Å². The predicted molar refractivity (Wildman–Crippen MR) is 71.9 cm³/mol. The molecule has 1 saturated heterocycles. The first-order valence-electron chi connectivity index (χ1n) is 6.23. The van der Waals surface area contributed by atoms with Crippen molar-refractivity contribution in [3.05, 3.63) is 34.9 Å². The van der Waals surface area contributed by atoms with Crippen molar-refractivity contribution in [2.45, 2.75) is 19.4 Å². The van der Waals surface area contributed by atoms with Gasteiger partial charge in [0.05, 0.1) is 13.2 Å². The van der Waals surface area contributed by atoms with Crippen LogP contribution in [0.4, 0.5) is 0 Å². The number of morpholine rings is 1. The van der Waals surface area contributed by atoms with Gasteiger partial charge >= 0.3 is 0 Å². The molecule has 0 radical (unpaired) electrons. The van der Waals surface area contributed by atoms with Gasteiger partial charge in [-0.05, 0) is 24.6 Å². The molecule has 0 N–H and O–H groups in total. The molecule has 0 saturated carbocycles. The molecule has 1 fully saturated rings. The highest BCUT2D eigenvalue weighted by molar-refractivity contribution is 6.30. The summed E-state index contributed by atoms with van der Waals surface area (Å²) >= 11 is 5.91. The molecule has 0 amide bonds. The molecule has 1 atom stereocenters. The maximum absolute atomic E-state index is 11.5. The maximum atomic E-state index is 11.5. The van der Waals surface area contributed by atoms with E-state index in [1.807, 2.05) is 24.3 Å². The van der Waals surface area contributed by atoms with Crippen molar-refractivity contribution >= 4 is 17.4 Å². The van der Waals surface area contributed by atoms with Gasteiger partial charge < -0.3 is 4.74 Å². The number of carbonyl (C=O) groups is 1. The third-order valence-corrected chi connectivity index (χ3v) is 3.47. The SMILES string of the molecule is CC(=O)CC(c1ccc(Cl)cc1)N1CCOCC1. The van der Waals surface area contributed by atoms with Crippen LogP contribution in [0.3, 0.4) is 0 Å². The Bertz CT molecular complexity index is 399. The minimum Gasteiger partial charge on any atom is -0.379 e. The van der Waals surface area contributed by atoms with E-state index in [1.165, 1.54) is 0 Å². The molecule has 1 aromatic carbocycles. The van der Waals surface area contributed by atoms with Crippen LogP contribution in [0, 0.1) is 0 Å². The lowest BCUT2D eigenvalue weighted by atomic mass is 10.00. The van der Waals surface area contributed by atoms with Crippen molar-refractivity contribution in [2.24, 2.45) is 0 Å². The van der Waals surface area contributed by atoms with Crippen molar-refractivity contribution in [2.75, 3.05) is 26.3 Å². The lowest BCUT2D eigenvalue weighted by Crippen LogP contribution is -2.39. The summed E-state index contributed by atoms with van der Waals surface area (Å²) in [6.45, 7) is 4.87. The number of hydrogen-bond acceptors (Lipinski definition) is 3. The Morgan fingerprint density at radius 2 is 1.94 bits per heavy atom. The summed E-state index contributed by atoms with van der Waals surface area (Å²) in [7, 11) is 0. The molecule has 0 aliphatic carbocycles. The summed E-state index contributed by atoms with van der Waals surface area (Å²) in [6, 6.07) is 7.91. The smallest absolute Gasteiger partial charge is 0.131 e. The minimum absolute atomic E-state index is 0.142. The van der Waals surface area contributed by atoms with Crippen molar-refractivity contribution in [1.29, 1.82) is 0 Å². The average molecular weight is 268 g/mol. The third kappa shape index (κ3) is 3.55. The summed E-state index contributed by atoms with van der Waals surface area (Å²) in [5.41, 5.74) is 1.15. The van der Waals surface area contributed by atoms with Crippen LogP contribution >= 0.6 is 11.6 Å². The Labute approximate surface area is 113 Å². The molecular formula is C14H18ClNO2. The highest BCUT2D eigenvalue weighted by atomic mass is 35.5. The van der Waals surface area contributed by atoms with Crippen LogP contribution in [0.2, 0.25) is 5.02 Å². The van der Waals surface area contributed by atoms with Crippen LogP contribution in [-0.2, 0) is 9.53 Å². The average Bonchev–Trinajstić information content (AvgIpc) is 2.38. The number of ketones is 1. The second-order valence-electron chi connectivity index (χ2n) is 4.62. The number of nitrogens with zero attached hydrogens (tertiary/aromatic N) is 1. The molecule has 1 aromatic rings. The van der Waals surface area contributed by atoms with Gasteiger partial charge in [0.15, 0.2) is 0 Å². The van der Waals surface area contributed by atoms with E-state index in [9.17, 15) is 4.79 Å². The van der Waals surface area contributed by atoms with Gasteiger partial charge in [0.25, 0.3) is 0 Å². The Kier molecular flexibility index (Phi) is 4.75. The van der Waals surface area contributed by atoms with Gasteiger partial charge in [0.1, 0.15) is 5.78 Å². The highest BCUT2D eigenvalue weighted by Gasteiger charge is 2.23. The second-order valence-corrected chi connectivity index (χ2v) is 5.06. The first-order chi connectivity index (χ1) is 8.66. The minimum atomic E-state index is 0.142. The van der Waals surface area contributed by atoms with Crippen LogP contribution in [0.15, 0.2) is 24.3 Å². The van der Waals surface area contributed by atoms with Gasteiger partial charge in [0, 0.05) is 30.6 Å². The molecule has 0 bridgehead atoms. The zero-order valence-corrected chi connectivity index (χ0v) is 11.3. The topological polar surface area (TPSA) is 29.5 Å². The fraction of sp³-hybridized carbons (Fsp3) is 0.500. The number of carbonyl (C=O) groups excluding carboxylic acids is 1. The molecule has 18 heavy (non-hydrogen) atoms. The zero-order valence-electron chi connectivity index (χ0n) is 10.6. The first kappa shape index (κ1) is 13.5. The number of hydrogen-bond donors (Lipinski definition) is 0. The van der Waals surface area contributed by atoms with Gasteiger partial charge in [-0.15, -0.1) is 0 Å². The lowest BCUT2D eigenvalue weighted by Gasteiger charge is -2.34. The van der Waals surface area contributed by atoms with Gasteiger partial charge in [-0.2, -0.15) is 0 Å². The number of rotatable bonds is 4. The zero-order chi connectivity index (χ0) is 13.0. The van der Waals surface area contributed by atoms with E-state index in [4.69, 9.17) is 16.3 Å². The molecule has 0 aromatic heterocycles. The molecule has 1 heterocycles. The summed E-state index contributed by atoms with van der Waals surface area (Å²) < 4.78 is 5.36. The van der Waals surface area contributed by atoms with Crippen molar-refractivity contribution in [3.8, 4) is 0 Å². The van der Waals surface area contributed by atoms with E-state index in [0.29, 0.717) is 6.42 Å². The molecule has 1 aliphatic rings. The molecule has 2 rings (SSSR count). The fourth-order valence-corrected chi connectivity index (χ4v) is 2.43. The number of benzene rings is 1. The molecule has 3 nitrogen and oxygen atoms in total. The predicted octanol–water partition coefficient (Wildman–Crippen LogP) is 2.69. The molecule has 1 aliphatic heterocycles. The molecule has 1 unspecified atom stereocenters. The largest absolute Gasteiger partial charge is 0.379 e. The Balaban J connectivity index is 2.17. The van der Waals surface area contributed by atoms with Crippen LogP contribution in [0.1, 0.15) is 24.9 Å². The van der Waals surface area contributed by atoms with E-state index in [1.54, 1.807) is 6.92 Å². The van der Waals surface area contributed by atoms with Gasteiger partial charge in [-0.25, -0.2) is 0 Å². The molecule has 0 spiro atoms. The third-order valence-electron chi connectivity index (χ3n) is 3.22. The molecule has 4 heteroatoms. The summed E-state index contributed by atoms with van der Waals surface area (Å²) in [5, 5.41) is 0.724. The second kappa shape index (κ2) is 6.32. The summed E-state index contributed by atoms with van der Waals surface area (Å²) in [5.74, 6) is 0.210. The summed E-state index contributed by atoms with van der Waals surface area (Å²) in [4.78, 5) is 13.8. The highest BCUT2D eigenvalue weighted by Crippen LogP contribution is 2.26. The normalized spacial score (nSPS) is 18.6. The van der Waals surface area contributed by atoms with Crippen LogP contribution in [0.25, 0.3) is 0 Å². The van der Waals surface area contributed by atoms with Crippen LogP contribution in [-0.4, -0.2) is 37.0 Å². The van der Waals surface area contributed by atoms with Gasteiger partial charge in [0.2, 0.25) is 0 Å². The van der Waals surface area contributed by atoms with Crippen molar-refractivity contribution < 1.29 is 9.53 Å². The van der Waals surface area contributed by atoms with E-state index in [2.05, 4.69) is 4.90 Å². The van der Waals surface area contributed by atoms with Gasteiger partial charge in [-0.3, -0.25) is 9.69 Å². The van der Waals surface area contributed by atoms with Crippen molar-refractivity contribution in [1.82, 2.24) is 4.90 Å². The lowest BCUT2D eigenvalue weighted by molar-refractivity contribution is -0.118. The Hall–Kier alpha value is -0.900. The standard InChI is InChI=1S/C14H18ClNO2/c1-11(17)10-14(16-6-8-18-9-7-16)12-2-4-13(15)5-3-12/h2-5,14H,6-10H2,1H3. The van der Waals surface area contributed by atoms with E-state index in [-0.39, 0.29) is 11.8 Å². The molecule has 98 valence electrons. The fourth-order valence-electron chi connectivity index (χ4n) is 2.30. The number of ether oxygens (including phenoxy) is 1. The van der Waals surface area contributed by atoms with Gasteiger partial charge in [-0.1, -0.05) is 23.7 Å². The van der Waals surface area contributed by atoms with E-state index >= 15 is 0 Å². The number of halogens is 1. The Morgan fingerprint density at radius 3 is 2.50 bits per heavy atom. The first-order valence-corrected chi connectivity index (χ1v) is 6.61. The number of Topliss-reactive ketones (excluding diaryl/α,β-unsaturated/α-hetero) is 1.